The molecule has 0 radical (unpaired) electrons. The fraction of sp³-hybridized carbons (Fsp3) is 0.900. The number of halogens is 2. The lowest BCUT2D eigenvalue weighted by atomic mass is 9.70. The van der Waals surface area contributed by atoms with E-state index in [1.807, 2.05) is 0 Å². The maximum Gasteiger partial charge on any atom is 0.154 e. The SMILES string of the molecule is CC1(C)[C@H]2CC[C@]1(CBr)C(=O)[C@@H]2Br. The van der Waals surface area contributed by atoms with Crippen LogP contribution in [0.5, 0.6) is 0 Å². The largest absolute Gasteiger partial charge is 0.298 e. The summed E-state index contributed by atoms with van der Waals surface area (Å²) in [6.45, 7) is 4.48. The molecule has 13 heavy (non-hydrogen) atoms. The van der Waals surface area contributed by atoms with Gasteiger partial charge in [-0.1, -0.05) is 45.7 Å². The summed E-state index contributed by atoms with van der Waals surface area (Å²) in [5.41, 5.74) is 0.0770. The highest BCUT2D eigenvalue weighted by atomic mass is 79.9. The first kappa shape index (κ1) is 10.2. The first-order valence-corrected chi connectivity index (χ1v) is 6.75. The number of fused-ring (bicyclic) bond motifs is 2. The number of carbonyl (C=O) groups excluding carboxylic acids is 1. The number of rotatable bonds is 1. The van der Waals surface area contributed by atoms with Crippen LogP contribution < -0.4 is 0 Å². The molecule has 0 heterocycles. The van der Waals surface area contributed by atoms with E-state index in [4.69, 9.17) is 0 Å². The van der Waals surface area contributed by atoms with Crippen molar-refractivity contribution in [3.05, 3.63) is 0 Å². The zero-order valence-electron chi connectivity index (χ0n) is 7.94. The molecule has 0 aromatic rings. The van der Waals surface area contributed by atoms with E-state index in [1.165, 1.54) is 6.42 Å². The normalized spacial score (nSPS) is 47.2. The lowest BCUT2D eigenvalue weighted by Crippen LogP contribution is -2.38. The van der Waals surface area contributed by atoms with E-state index in [9.17, 15) is 4.79 Å². The highest BCUT2D eigenvalue weighted by Gasteiger charge is 2.67. The van der Waals surface area contributed by atoms with E-state index in [0.29, 0.717) is 11.7 Å². The van der Waals surface area contributed by atoms with E-state index < -0.39 is 0 Å². The Labute approximate surface area is 95.9 Å². The van der Waals surface area contributed by atoms with Gasteiger partial charge in [0.25, 0.3) is 0 Å². The Hall–Kier alpha value is 0.630. The molecule has 2 aliphatic rings. The summed E-state index contributed by atoms with van der Waals surface area (Å²) in [5, 5.41) is 0.824. The number of hydrogen-bond donors (Lipinski definition) is 0. The molecule has 0 aliphatic heterocycles. The predicted octanol–water partition coefficient (Wildman–Crippen LogP) is 3.15. The Kier molecular flexibility index (Phi) is 2.20. The molecular weight excluding hydrogens is 296 g/mol. The van der Waals surface area contributed by atoms with Gasteiger partial charge in [-0.25, -0.2) is 0 Å². The summed E-state index contributed by atoms with van der Waals surface area (Å²) in [4.78, 5) is 12.2. The summed E-state index contributed by atoms with van der Waals surface area (Å²) in [6.07, 6.45) is 2.26. The number of carbonyl (C=O) groups is 1. The minimum Gasteiger partial charge on any atom is -0.298 e. The van der Waals surface area contributed by atoms with Gasteiger partial charge in [0.2, 0.25) is 0 Å². The molecule has 3 heteroatoms. The van der Waals surface area contributed by atoms with Crippen LogP contribution in [0, 0.1) is 16.7 Å². The zero-order valence-corrected chi connectivity index (χ0v) is 11.1. The quantitative estimate of drug-likeness (QED) is 0.680. The fourth-order valence-corrected chi connectivity index (χ4v) is 5.79. The van der Waals surface area contributed by atoms with Crippen molar-refractivity contribution in [2.75, 3.05) is 5.33 Å². The lowest BCUT2D eigenvalue weighted by Gasteiger charge is -2.34. The average molecular weight is 310 g/mol. The van der Waals surface area contributed by atoms with E-state index in [-0.39, 0.29) is 15.7 Å². The van der Waals surface area contributed by atoms with E-state index in [1.54, 1.807) is 0 Å². The highest BCUT2D eigenvalue weighted by Crippen LogP contribution is 2.65. The fourth-order valence-electron chi connectivity index (χ4n) is 3.14. The van der Waals surface area contributed by atoms with Crippen molar-refractivity contribution in [3.63, 3.8) is 0 Å². The van der Waals surface area contributed by atoms with Crippen molar-refractivity contribution in [2.45, 2.75) is 31.5 Å². The van der Waals surface area contributed by atoms with E-state index in [0.717, 1.165) is 11.8 Å². The molecule has 0 spiro atoms. The Morgan fingerprint density at radius 1 is 1.54 bits per heavy atom. The van der Waals surface area contributed by atoms with Gasteiger partial charge in [0.1, 0.15) is 0 Å². The molecule has 2 bridgehead atoms. The van der Waals surface area contributed by atoms with Gasteiger partial charge in [0.05, 0.1) is 4.83 Å². The van der Waals surface area contributed by atoms with Crippen LogP contribution >= 0.6 is 31.9 Å². The van der Waals surface area contributed by atoms with Crippen molar-refractivity contribution in [2.24, 2.45) is 16.7 Å². The Morgan fingerprint density at radius 3 is 2.46 bits per heavy atom. The first-order chi connectivity index (χ1) is 5.97. The Morgan fingerprint density at radius 2 is 2.15 bits per heavy atom. The molecular formula is C10H14Br2O. The van der Waals surface area contributed by atoms with Gasteiger partial charge in [0.15, 0.2) is 5.78 Å². The molecule has 0 aromatic carbocycles. The molecule has 0 aromatic heterocycles. The Balaban J connectivity index is 2.50. The molecule has 0 N–H and O–H groups in total. The smallest absolute Gasteiger partial charge is 0.154 e. The molecule has 0 amide bonds. The molecule has 2 aliphatic carbocycles. The Bertz CT molecular complexity index is 262. The van der Waals surface area contributed by atoms with E-state index >= 15 is 0 Å². The second-order valence-electron chi connectivity index (χ2n) is 4.85. The minimum atomic E-state index is -0.0914. The number of ketones is 1. The third kappa shape index (κ3) is 0.956. The summed E-state index contributed by atoms with van der Waals surface area (Å²) >= 11 is 7.06. The third-order valence-electron chi connectivity index (χ3n) is 4.35. The molecule has 2 saturated carbocycles. The molecule has 1 nitrogen and oxygen atoms in total. The van der Waals surface area contributed by atoms with Crippen molar-refractivity contribution >= 4 is 37.6 Å². The molecule has 3 atom stereocenters. The van der Waals surface area contributed by atoms with Gasteiger partial charge in [-0.2, -0.15) is 0 Å². The standard InChI is InChI=1S/C10H14Br2O/c1-9(2)6-3-4-10(9,5-11)8(13)7(6)12/h6-7H,3-5H2,1-2H3/t6-,7+,10-/m0/s1. The predicted molar refractivity (Wildman–Crippen MR) is 60.5 cm³/mol. The van der Waals surface area contributed by atoms with Gasteiger partial charge in [-0.15, -0.1) is 0 Å². The highest BCUT2D eigenvalue weighted by molar-refractivity contribution is 9.10. The van der Waals surface area contributed by atoms with Crippen LogP contribution in [0.1, 0.15) is 26.7 Å². The molecule has 0 unspecified atom stereocenters. The maximum atomic E-state index is 12.1. The second kappa shape index (κ2) is 2.82. The minimum absolute atomic E-state index is 0.0914. The molecule has 74 valence electrons. The zero-order chi connectivity index (χ0) is 9.85. The van der Waals surface area contributed by atoms with Crippen LogP contribution in [-0.2, 0) is 4.79 Å². The monoisotopic (exact) mass is 308 g/mol. The summed E-state index contributed by atoms with van der Waals surface area (Å²) in [6, 6.07) is 0. The van der Waals surface area contributed by atoms with Crippen LogP contribution in [-0.4, -0.2) is 15.9 Å². The number of hydrogen-bond acceptors (Lipinski definition) is 1. The second-order valence-corrected chi connectivity index (χ2v) is 6.40. The lowest BCUT2D eigenvalue weighted by molar-refractivity contribution is -0.127. The van der Waals surface area contributed by atoms with Gasteiger partial charge >= 0.3 is 0 Å². The van der Waals surface area contributed by atoms with E-state index in [2.05, 4.69) is 45.7 Å². The topological polar surface area (TPSA) is 17.1 Å². The van der Waals surface area contributed by atoms with Crippen LogP contribution in [0.2, 0.25) is 0 Å². The number of Topliss-reactive ketones (excluding diaryl/α,β-unsaturated/α-hetero) is 1. The van der Waals surface area contributed by atoms with Crippen molar-refractivity contribution in [1.82, 2.24) is 0 Å². The van der Waals surface area contributed by atoms with Crippen LogP contribution in [0.15, 0.2) is 0 Å². The molecule has 0 saturated heterocycles. The summed E-state index contributed by atoms with van der Waals surface area (Å²) in [5.74, 6) is 0.961. The molecule has 2 fully saturated rings. The summed E-state index contributed by atoms with van der Waals surface area (Å²) in [7, 11) is 0. The van der Waals surface area contributed by atoms with Gasteiger partial charge in [-0.3, -0.25) is 4.79 Å². The van der Waals surface area contributed by atoms with Crippen LogP contribution in [0.25, 0.3) is 0 Å². The van der Waals surface area contributed by atoms with Gasteiger partial charge in [-0.05, 0) is 24.2 Å². The van der Waals surface area contributed by atoms with Gasteiger partial charge < -0.3 is 0 Å². The average Bonchev–Trinajstić information content (AvgIpc) is 2.41. The maximum absolute atomic E-state index is 12.1. The van der Waals surface area contributed by atoms with Gasteiger partial charge in [0, 0.05) is 10.7 Å². The third-order valence-corrected chi connectivity index (χ3v) is 6.36. The number of alkyl halides is 2. The van der Waals surface area contributed by atoms with Crippen LogP contribution in [0.3, 0.4) is 0 Å². The molecule has 2 rings (SSSR count). The van der Waals surface area contributed by atoms with Crippen LogP contribution in [0.4, 0.5) is 0 Å². The summed E-state index contributed by atoms with van der Waals surface area (Å²) < 4.78 is 0. The first-order valence-electron chi connectivity index (χ1n) is 4.72. The van der Waals surface area contributed by atoms with Crippen molar-refractivity contribution < 1.29 is 4.79 Å². The van der Waals surface area contributed by atoms with Crippen molar-refractivity contribution in [3.8, 4) is 0 Å². The van der Waals surface area contributed by atoms with Crippen molar-refractivity contribution in [1.29, 1.82) is 0 Å².